The van der Waals surface area contributed by atoms with Gasteiger partial charge in [0.1, 0.15) is 5.75 Å². The van der Waals surface area contributed by atoms with Gasteiger partial charge in [0.05, 0.1) is 24.1 Å². The molecule has 2 aliphatic rings. The minimum Gasteiger partial charge on any atom is -0.493 e. The van der Waals surface area contributed by atoms with Crippen LogP contribution >= 0.6 is 0 Å². The van der Waals surface area contributed by atoms with Crippen LogP contribution < -0.4 is 19.9 Å². The average molecular weight is 491 g/mol. The molecule has 192 valence electrons. The van der Waals surface area contributed by atoms with E-state index in [2.05, 4.69) is 69.6 Å². The fourth-order valence-electron chi connectivity index (χ4n) is 4.33. The molecule has 0 amide bonds. The summed E-state index contributed by atoms with van der Waals surface area (Å²) >= 11 is 0. The van der Waals surface area contributed by atoms with E-state index in [4.69, 9.17) is 9.84 Å². The molecule has 0 atom stereocenters. The van der Waals surface area contributed by atoms with E-state index in [1.807, 2.05) is 13.8 Å². The number of carbonyl (C=O) groups is 1. The molecular formula is C29H38N4O3. The fourth-order valence-corrected chi connectivity index (χ4v) is 4.33. The zero-order valence-corrected chi connectivity index (χ0v) is 21.8. The van der Waals surface area contributed by atoms with Gasteiger partial charge in [-0.3, -0.25) is 4.98 Å². The van der Waals surface area contributed by atoms with Crippen molar-refractivity contribution in [2.45, 2.75) is 39.5 Å². The summed E-state index contributed by atoms with van der Waals surface area (Å²) in [5.41, 5.74) is 5.83. The number of aromatic nitrogens is 1. The number of fused-ring (bicyclic) bond motifs is 1. The summed E-state index contributed by atoms with van der Waals surface area (Å²) in [6.07, 6.45) is 7.81. The number of anilines is 4. The Balaban J connectivity index is 0.000000235. The molecule has 0 bridgehead atoms. The number of hydrogen-bond acceptors (Lipinski definition) is 6. The molecule has 2 N–H and O–H groups in total. The highest BCUT2D eigenvalue weighted by atomic mass is 16.5. The average Bonchev–Trinajstić information content (AvgIpc) is 3.49. The molecule has 0 saturated carbocycles. The molecule has 0 spiro atoms. The van der Waals surface area contributed by atoms with E-state index in [1.54, 1.807) is 7.05 Å². The number of aryl methyl sites for hydroxylation is 1. The quantitative estimate of drug-likeness (QED) is 0.439. The second-order valence-corrected chi connectivity index (χ2v) is 8.49. The number of nitrogens with one attached hydrogen (secondary N) is 1. The van der Waals surface area contributed by atoms with Crippen molar-refractivity contribution >= 4 is 28.7 Å². The molecule has 1 fully saturated rings. The minimum atomic E-state index is -0.947. The molecule has 7 nitrogen and oxygen atoms in total. The summed E-state index contributed by atoms with van der Waals surface area (Å²) in [6.45, 7) is 7.22. The van der Waals surface area contributed by atoms with Gasteiger partial charge >= 0.3 is 5.97 Å². The van der Waals surface area contributed by atoms with Crippen LogP contribution in [0.1, 0.15) is 49.0 Å². The van der Waals surface area contributed by atoms with Crippen molar-refractivity contribution in [3.63, 3.8) is 0 Å². The Morgan fingerprint density at radius 2 is 1.72 bits per heavy atom. The number of benzene rings is 2. The Morgan fingerprint density at radius 3 is 2.36 bits per heavy atom. The monoisotopic (exact) mass is 490 g/mol. The third-order valence-electron chi connectivity index (χ3n) is 6.32. The minimum absolute atomic E-state index is 0.238. The van der Waals surface area contributed by atoms with Gasteiger partial charge in [-0.2, -0.15) is 0 Å². The highest BCUT2D eigenvalue weighted by molar-refractivity contribution is 5.93. The van der Waals surface area contributed by atoms with Crippen molar-refractivity contribution in [3.05, 3.63) is 72.1 Å². The number of hydrogen-bond donors (Lipinski definition) is 2. The Hall–Kier alpha value is -3.74. The van der Waals surface area contributed by atoms with Crippen molar-refractivity contribution in [2.24, 2.45) is 0 Å². The SMILES string of the molecule is CC.CN(c1ccc(N2CCCC2)cc1)c1ccc2c(c1)OCCC2.CNc1cnccc1C(=O)O. The molecule has 0 aliphatic carbocycles. The van der Waals surface area contributed by atoms with E-state index >= 15 is 0 Å². The Bertz CT molecular complexity index is 1110. The lowest BCUT2D eigenvalue weighted by Crippen LogP contribution is -2.17. The van der Waals surface area contributed by atoms with Gasteiger partial charge in [0.25, 0.3) is 0 Å². The number of rotatable bonds is 5. The van der Waals surface area contributed by atoms with Gasteiger partial charge in [0, 0.05) is 56.5 Å². The van der Waals surface area contributed by atoms with Crippen molar-refractivity contribution in [2.75, 3.05) is 48.9 Å². The van der Waals surface area contributed by atoms with Crippen LogP contribution in [0.5, 0.6) is 5.75 Å². The third kappa shape index (κ3) is 6.68. The first-order valence-electron chi connectivity index (χ1n) is 12.8. The van der Waals surface area contributed by atoms with E-state index in [0.717, 1.165) is 25.2 Å². The highest BCUT2D eigenvalue weighted by Gasteiger charge is 2.15. The Morgan fingerprint density at radius 1 is 1.03 bits per heavy atom. The maximum Gasteiger partial charge on any atom is 0.337 e. The van der Waals surface area contributed by atoms with Crippen molar-refractivity contribution in [1.82, 2.24) is 4.98 Å². The summed E-state index contributed by atoms with van der Waals surface area (Å²) in [4.78, 5) is 19.0. The molecule has 2 aliphatic heterocycles. The third-order valence-corrected chi connectivity index (χ3v) is 6.32. The van der Waals surface area contributed by atoms with Crippen LogP contribution in [0.3, 0.4) is 0 Å². The van der Waals surface area contributed by atoms with Crippen LogP contribution in [-0.4, -0.2) is 49.9 Å². The van der Waals surface area contributed by atoms with Gasteiger partial charge in [0.2, 0.25) is 0 Å². The molecule has 7 heteroatoms. The number of ether oxygens (including phenoxy) is 1. The Labute approximate surface area is 214 Å². The first-order chi connectivity index (χ1) is 17.6. The predicted molar refractivity (Wildman–Crippen MR) is 148 cm³/mol. The van der Waals surface area contributed by atoms with Crippen molar-refractivity contribution in [3.8, 4) is 5.75 Å². The van der Waals surface area contributed by atoms with Crippen LogP contribution in [0.2, 0.25) is 0 Å². The molecule has 0 radical (unpaired) electrons. The second-order valence-electron chi connectivity index (χ2n) is 8.49. The van der Waals surface area contributed by atoms with E-state index in [1.165, 1.54) is 67.0 Å². The first kappa shape index (κ1) is 26.9. The summed E-state index contributed by atoms with van der Waals surface area (Å²) in [6, 6.07) is 16.9. The van der Waals surface area contributed by atoms with E-state index in [-0.39, 0.29) is 5.56 Å². The maximum absolute atomic E-state index is 10.5. The molecule has 3 heterocycles. The molecular weight excluding hydrogens is 452 g/mol. The lowest BCUT2D eigenvalue weighted by Gasteiger charge is -2.24. The summed E-state index contributed by atoms with van der Waals surface area (Å²) in [5.74, 6) is 0.103. The lowest BCUT2D eigenvalue weighted by atomic mass is 10.1. The maximum atomic E-state index is 10.5. The van der Waals surface area contributed by atoms with E-state index in [9.17, 15) is 4.79 Å². The van der Waals surface area contributed by atoms with Crippen LogP contribution in [0.4, 0.5) is 22.7 Å². The first-order valence-corrected chi connectivity index (χ1v) is 12.8. The number of carboxylic acid groups (broad SMARTS) is 1. The number of carboxylic acids is 1. The predicted octanol–water partition coefficient (Wildman–Crippen LogP) is 6.23. The number of aromatic carboxylic acids is 1. The van der Waals surface area contributed by atoms with Gasteiger partial charge in [-0.15, -0.1) is 0 Å². The molecule has 36 heavy (non-hydrogen) atoms. The van der Waals surface area contributed by atoms with Crippen LogP contribution in [0.25, 0.3) is 0 Å². The zero-order valence-electron chi connectivity index (χ0n) is 21.8. The van der Waals surface area contributed by atoms with E-state index in [0.29, 0.717) is 5.69 Å². The topological polar surface area (TPSA) is 77.9 Å². The van der Waals surface area contributed by atoms with Gasteiger partial charge in [-0.1, -0.05) is 19.9 Å². The zero-order chi connectivity index (χ0) is 25.9. The van der Waals surface area contributed by atoms with Crippen molar-refractivity contribution in [1.29, 1.82) is 0 Å². The summed E-state index contributed by atoms with van der Waals surface area (Å²) < 4.78 is 5.80. The standard InChI is InChI=1S/C20H24N2O.C7H8N2O2.C2H6/c1-21(19-7-6-16-5-4-14-23-20(16)15-19)17-8-10-18(11-9-17)22-12-2-3-13-22;1-8-6-4-9-3-2-5(6)7(10)11;1-2/h6-11,15H,2-5,12-14H2,1H3;2-4,8H,1H3,(H,10,11);1-2H3. The fraction of sp³-hybridized carbons (Fsp3) is 0.379. The molecule has 0 unspecified atom stereocenters. The van der Waals surface area contributed by atoms with Gasteiger partial charge in [-0.05, 0) is 67.6 Å². The van der Waals surface area contributed by atoms with Gasteiger partial charge < -0.3 is 25.0 Å². The molecule has 1 saturated heterocycles. The number of nitrogens with zero attached hydrogens (tertiary/aromatic N) is 3. The summed E-state index contributed by atoms with van der Waals surface area (Å²) in [7, 11) is 3.78. The van der Waals surface area contributed by atoms with Crippen LogP contribution in [0, 0.1) is 0 Å². The lowest BCUT2D eigenvalue weighted by molar-refractivity contribution is 0.0698. The highest BCUT2D eigenvalue weighted by Crippen LogP contribution is 2.33. The van der Waals surface area contributed by atoms with E-state index < -0.39 is 5.97 Å². The second kappa shape index (κ2) is 13.4. The summed E-state index contributed by atoms with van der Waals surface area (Å²) in [5, 5.41) is 11.4. The molecule has 5 rings (SSSR count). The number of pyridine rings is 1. The van der Waals surface area contributed by atoms with Crippen LogP contribution in [-0.2, 0) is 6.42 Å². The largest absolute Gasteiger partial charge is 0.493 e. The normalized spacial score (nSPS) is 13.7. The smallest absolute Gasteiger partial charge is 0.337 e. The van der Waals surface area contributed by atoms with Crippen molar-refractivity contribution < 1.29 is 14.6 Å². The Kier molecular flexibility index (Phi) is 9.98. The van der Waals surface area contributed by atoms with Crippen LogP contribution in [0.15, 0.2) is 60.9 Å². The van der Waals surface area contributed by atoms with Gasteiger partial charge in [0.15, 0.2) is 0 Å². The molecule has 1 aromatic heterocycles. The molecule has 2 aromatic carbocycles. The molecule has 3 aromatic rings. The van der Waals surface area contributed by atoms with Gasteiger partial charge in [-0.25, -0.2) is 4.79 Å².